The van der Waals surface area contributed by atoms with Crippen LogP contribution in [0.15, 0.2) is 18.5 Å². The van der Waals surface area contributed by atoms with Gasteiger partial charge in [-0.15, -0.1) is 0 Å². The Morgan fingerprint density at radius 2 is 1.85 bits per heavy atom. The zero-order valence-corrected chi connectivity index (χ0v) is 9.21. The molecule has 0 aliphatic heterocycles. The first-order valence-electron chi connectivity index (χ1n) is 3.77. The average Bonchev–Trinajstić information content (AvgIpc) is 1.81. The van der Waals surface area contributed by atoms with Crippen LogP contribution in [0.2, 0.25) is 0 Å². The maximum atomic E-state index is 10.4. The maximum Gasteiger partial charge on any atom is 0.370 e. The Labute approximate surface area is 87.8 Å². The van der Waals surface area contributed by atoms with Gasteiger partial charge in [0.15, 0.2) is 12.4 Å². The number of hydrogen-bond donors (Lipinski definition) is 1. The third-order valence-corrected chi connectivity index (χ3v) is 1.51. The van der Waals surface area contributed by atoms with Gasteiger partial charge in [0.1, 0.15) is 0 Å². The molecule has 0 atom stereocenters. The molecule has 0 spiro atoms. The summed E-state index contributed by atoms with van der Waals surface area (Å²) in [7, 11) is 0. The molecule has 0 aromatic carbocycles. The normalized spacial score (nSPS) is 9.08. The highest BCUT2D eigenvalue weighted by Crippen LogP contribution is 1.96. The summed E-state index contributed by atoms with van der Waals surface area (Å²) in [6.45, 7) is 3.93. The average molecular weight is 246 g/mol. The van der Waals surface area contributed by atoms with E-state index in [1.807, 2.05) is 32.3 Å². The van der Waals surface area contributed by atoms with Gasteiger partial charge in [-0.25, -0.2) is 4.79 Å². The lowest BCUT2D eigenvalue weighted by atomic mass is 10.2. The first-order chi connectivity index (χ1) is 5.58. The summed E-state index contributed by atoms with van der Waals surface area (Å²) in [6.07, 6.45) is 3.64. The quantitative estimate of drug-likeness (QED) is 0.595. The second-order valence-corrected chi connectivity index (χ2v) is 2.96. The van der Waals surface area contributed by atoms with Crippen LogP contribution in [0.3, 0.4) is 0 Å². The molecule has 0 radical (unpaired) electrons. The second-order valence-electron chi connectivity index (χ2n) is 2.96. The topological polar surface area (TPSA) is 41.2 Å². The van der Waals surface area contributed by atoms with Crippen molar-refractivity contribution in [2.75, 3.05) is 0 Å². The molecule has 0 aliphatic carbocycles. The molecule has 72 valence electrons. The van der Waals surface area contributed by atoms with Crippen LogP contribution in [-0.4, -0.2) is 11.1 Å². The Kier molecular flexibility index (Phi) is 4.62. The van der Waals surface area contributed by atoms with E-state index in [9.17, 15) is 4.79 Å². The number of rotatable bonds is 2. The molecule has 0 bridgehead atoms. The molecule has 0 amide bonds. The van der Waals surface area contributed by atoms with Gasteiger partial charge in [0.2, 0.25) is 6.54 Å². The van der Waals surface area contributed by atoms with Gasteiger partial charge in [-0.1, -0.05) is 0 Å². The fourth-order valence-electron chi connectivity index (χ4n) is 1.24. The van der Waals surface area contributed by atoms with E-state index in [-0.39, 0.29) is 23.5 Å². The molecule has 3 nitrogen and oxygen atoms in total. The smallest absolute Gasteiger partial charge is 0.370 e. The van der Waals surface area contributed by atoms with Gasteiger partial charge >= 0.3 is 5.97 Å². The maximum absolute atomic E-state index is 10.4. The highest BCUT2D eigenvalue weighted by atomic mass is 79.9. The molecule has 13 heavy (non-hydrogen) atoms. The van der Waals surface area contributed by atoms with Crippen LogP contribution in [0.25, 0.3) is 0 Å². The van der Waals surface area contributed by atoms with E-state index in [2.05, 4.69) is 0 Å². The van der Waals surface area contributed by atoms with Crippen molar-refractivity contribution in [3.05, 3.63) is 29.6 Å². The highest BCUT2D eigenvalue weighted by Gasteiger charge is 2.07. The number of carboxylic acid groups (broad SMARTS) is 1. The highest BCUT2D eigenvalue weighted by molar-refractivity contribution is 5.64. The predicted molar refractivity (Wildman–Crippen MR) is 43.7 cm³/mol. The largest absolute Gasteiger partial charge is 1.00 e. The van der Waals surface area contributed by atoms with Gasteiger partial charge in [-0.3, -0.25) is 0 Å². The molecule has 1 aromatic rings. The Bertz CT molecular complexity index is 292. The van der Waals surface area contributed by atoms with Crippen LogP contribution in [0, 0.1) is 13.8 Å². The van der Waals surface area contributed by atoms with Crippen molar-refractivity contribution >= 4 is 5.97 Å². The lowest BCUT2D eigenvalue weighted by Crippen LogP contribution is -3.00. The zero-order valence-electron chi connectivity index (χ0n) is 7.62. The van der Waals surface area contributed by atoms with E-state index in [1.54, 1.807) is 4.57 Å². The van der Waals surface area contributed by atoms with Gasteiger partial charge in [-0.05, 0) is 19.9 Å². The third kappa shape index (κ3) is 4.03. The zero-order chi connectivity index (χ0) is 9.14. The minimum absolute atomic E-state index is 0. The molecule has 0 fully saturated rings. The van der Waals surface area contributed by atoms with Gasteiger partial charge in [0, 0.05) is 11.1 Å². The third-order valence-electron chi connectivity index (χ3n) is 1.51. The van der Waals surface area contributed by atoms with E-state index in [0.717, 1.165) is 11.1 Å². The molecule has 1 rings (SSSR count). The van der Waals surface area contributed by atoms with Crippen molar-refractivity contribution in [2.45, 2.75) is 20.4 Å². The van der Waals surface area contributed by atoms with E-state index in [1.165, 1.54) is 0 Å². The summed E-state index contributed by atoms with van der Waals surface area (Å²) >= 11 is 0. The van der Waals surface area contributed by atoms with E-state index < -0.39 is 5.97 Å². The lowest BCUT2D eigenvalue weighted by Gasteiger charge is -1.95. The summed E-state index contributed by atoms with van der Waals surface area (Å²) < 4.78 is 1.67. The molecule has 0 saturated heterocycles. The number of carboxylic acids is 1. The van der Waals surface area contributed by atoms with E-state index >= 15 is 0 Å². The second kappa shape index (κ2) is 4.97. The molecular weight excluding hydrogens is 234 g/mol. The number of aryl methyl sites for hydroxylation is 2. The summed E-state index contributed by atoms with van der Waals surface area (Å²) in [5.74, 6) is -0.815. The minimum atomic E-state index is -0.815. The van der Waals surface area contributed by atoms with Crippen molar-refractivity contribution in [2.24, 2.45) is 0 Å². The van der Waals surface area contributed by atoms with Gasteiger partial charge in [0.25, 0.3) is 0 Å². The van der Waals surface area contributed by atoms with Crippen LogP contribution >= 0.6 is 0 Å². The molecule has 1 heterocycles. The van der Waals surface area contributed by atoms with Crippen LogP contribution in [0.1, 0.15) is 11.1 Å². The Hall–Kier alpha value is -0.900. The van der Waals surface area contributed by atoms with Crippen molar-refractivity contribution in [3.8, 4) is 0 Å². The fourth-order valence-corrected chi connectivity index (χ4v) is 1.24. The van der Waals surface area contributed by atoms with Gasteiger partial charge in [0.05, 0.1) is 0 Å². The standard InChI is InChI=1S/C9H11NO2.BrH/c1-7-3-8(2)5-10(4-7)6-9(11)12;/h3-5H,6H2,1-2H3;1H. The summed E-state index contributed by atoms with van der Waals surface area (Å²) in [5.41, 5.74) is 2.16. The predicted octanol–water partition coefficient (Wildman–Crippen LogP) is -2.32. The monoisotopic (exact) mass is 245 g/mol. The molecule has 0 unspecified atom stereocenters. The van der Waals surface area contributed by atoms with Gasteiger partial charge < -0.3 is 22.1 Å². The molecule has 1 N–H and O–H groups in total. The molecule has 4 heteroatoms. The summed E-state index contributed by atoms with van der Waals surface area (Å²) in [4.78, 5) is 10.4. The number of nitrogens with zero attached hydrogens (tertiary/aromatic N) is 1. The Morgan fingerprint density at radius 3 is 2.23 bits per heavy atom. The SMILES string of the molecule is Cc1cc(C)c[n+](CC(=O)O)c1.[Br-]. The number of halogens is 1. The molecule has 0 saturated carbocycles. The number of aliphatic carboxylic acids is 1. The van der Waals surface area contributed by atoms with E-state index in [0.29, 0.717) is 0 Å². The van der Waals surface area contributed by atoms with Crippen molar-refractivity contribution in [1.82, 2.24) is 0 Å². The number of hydrogen-bond acceptors (Lipinski definition) is 1. The first-order valence-corrected chi connectivity index (χ1v) is 3.77. The van der Waals surface area contributed by atoms with E-state index in [4.69, 9.17) is 5.11 Å². The number of pyridine rings is 1. The Morgan fingerprint density at radius 1 is 1.38 bits per heavy atom. The fraction of sp³-hybridized carbons (Fsp3) is 0.333. The van der Waals surface area contributed by atoms with Crippen LogP contribution in [-0.2, 0) is 11.3 Å². The molecule has 1 aromatic heterocycles. The molecular formula is C9H12BrNO2. The minimum Gasteiger partial charge on any atom is -1.00 e. The van der Waals surface area contributed by atoms with Crippen molar-refractivity contribution in [1.29, 1.82) is 0 Å². The Balaban J connectivity index is 0.00000144. The van der Waals surface area contributed by atoms with Gasteiger partial charge in [-0.2, -0.15) is 4.57 Å². The first kappa shape index (κ1) is 12.1. The number of aromatic nitrogens is 1. The summed E-state index contributed by atoms with van der Waals surface area (Å²) in [5, 5.41) is 8.53. The summed E-state index contributed by atoms with van der Waals surface area (Å²) in [6, 6.07) is 2.01. The van der Waals surface area contributed by atoms with Crippen molar-refractivity contribution in [3.63, 3.8) is 0 Å². The lowest BCUT2D eigenvalue weighted by molar-refractivity contribution is -0.686. The van der Waals surface area contributed by atoms with Crippen LogP contribution in [0.4, 0.5) is 0 Å². The van der Waals surface area contributed by atoms with Crippen LogP contribution < -0.4 is 21.5 Å². The van der Waals surface area contributed by atoms with Crippen molar-refractivity contribution < 1.29 is 31.4 Å². The van der Waals surface area contributed by atoms with Crippen LogP contribution in [0.5, 0.6) is 0 Å². The number of carbonyl (C=O) groups is 1. The molecule has 0 aliphatic rings.